The van der Waals surface area contributed by atoms with Crippen LogP contribution in [0.15, 0.2) is 52.3 Å². The Kier molecular flexibility index (Phi) is 5.80. The van der Waals surface area contributed by atoms with E-state index >= 15 is 0 Å². The first-order chi connectivity index (χ1) is 14.7. The van der Waals surface area contributed by atoms with Crippen LogP contribution in [0.4, 0.5) is 11.4 Å². The highest BCUT2D eigenvalue weighted by Crippen LogP contribution is 2.35. The number of anilines is 2. The third-order valence-electron chi connectivity index (χ3n) is 5.65. The number of hydrogen-bond acceptors (Lipinski definition) is 5. The second kappa shape index (κ2) is 8.25. The summed E-state index contributed by atoms with van der Waals surface area (Å²) >= 11 is 0. The second-order valence-corrected chi connectivity index (χ2v) is 11.5. The first-order valence-corrected chi connectivity index (χ1v) is 13.1. The Labute approximate surface area is 182 Å². The van der Waals surface area contributed by atoms with E-state index in [-0.39, 0.29) is 28.3 Å². The average Bonchev–Trinajstić information content (AvgIpc) is 3.36. The molecule has 0 bridgehead atoms. The van der Waals surface area contributed by atoms with Gasteiger partial charge in [-0.05, 0) is 67.3 Å². The van der Waals surface area contributed by atoms with Gasteiger partial charge >= 0.3 is 0 Å². The smallest absolute Gasteiger partial charge is 0.264 e. The summed E-state index contributed by atoms with van der Waals surface area (Å²) in [5.74, 6) is -0.239. The molecule has 0 spiro atoms. The van der Waals surface area contributed by atoms with Gasteiger partial charge in [-0.15, -0.1) is 0 Å². The van der Waals surface area contributed by atoms with Gasteiger partial charge in [0.25, 0.3) is 10.0 Å². The molecule has 8 nitrogen and oxygen atoms in total. The van der Waals surface area contributed by atoms with Crippen LogP contribution in [0.1, 0.15) is 38.2 Å². The van der Waals surface area contributed by atoms with E-state index in [1.54, 1.807) is 12.1 Å². The summed E-state index contributed by atoms with van der Waals surface area (Å²) < 4.78 is 55.8. The fourth-order valence-electron chi connectivity index (χ4n) is 4.14. The largest absolute Gasteiger partial charge is 0.326 e. The predicted molar refractivity (Wildman–Crippen MR) is 118 cm³/mol. The summed E-state index contributed by atoms with van der Waals surface area (Å²) in [6.45, 7) is 1.62. The molecule has 1 amide bonds. The molecule has 0 atom stereocenters. The second-order valence-electron chi connectivity index (χ2n) is 7.93. The first-order valence-electron chi connectivity index (χ1n) is 10.2. The minimum absolute atomic E-state index is 0.0319. The Morgan fingerprint density at radius 1 is 0.968 bits per heavy atom. The molecule has 31 heavy (non-hydrogen) atoms. The molecule has 0 saturated heterocycles. The summed E-state index contributed by atoms with van der Waals surface area (Å²) in [5, 5.41) is 2.60. The first kappa shape index (κ1) is 21.8. The highest BCUT2D eigenvalue weighted by molar-refractivity contribution is 7.92. The SMILES string of the molecule is CC(=O)Nc1ccc(S(=O)(=O)N2CCc3cc(S(=O)(=O)NC4CCCC4)ccc32)cc1. The van der Waals surface area contributed by atoms with E-state index in [4.69, 9.17) is 0 Å². The van der Waals surface area contributed by atoms with Gasteiger partial charge < -0.3 is 5.32 Å². The van der Waals surface area contributed by atoms with Crippen LogP contribution in [-0.2, 0) is 31.3 Å². The lowest BCUT2D eigenvalue weighted by Gasteiger charge is -2.20. The maximum Gasteiger partial charge on any atom is 0.264 e. The van der Waals surface area contributed by atoms with Crippen molar-refractivity contribution < 1.29 is 21.6 Å². The fraction of sp³-hybridized carbons (Fsp3) is 0.381. The van der Waals surface area contributed by atoms with Gasteiger partial charge in [-0.25, -0.2) is 21.6 Å². The molecule has 2 aromatic carbocycles. The number of hydrogen-bond donors (Lipinski definition) is 2. The molecular weight excluding hydrogens is 438 g/mol. The molecule has 1 saturated carbocycles. The van der Waals surface area contributed by atoms with Gasteiger partial charge in [0.05, 0.1) is 15.5 Å². The van der Waals surface area contributed by atoms with Gasteiger partial charge in [-0.3, -0.25) is 9.10 Å². The highest BCUT2D eigenvalue weighted by atomic mass is 32.2. The average molecular weight is 464 g/mol. The Bertz CT molecular complexity index is 1200. The molecule has 166 valence electrons. The van der Waals surface area contributed by atoms with Crippen LogP contribution in [0, 0.1) is 0 Å². The molecule has 2 aromatic rings. The summed E-state index contributed by atoms with van der Waals surface area (Å²) in [7, 11) is -7.45. The number of carbonyl (C=O) groups excluding carboxylic acids is 1. The maximum absolute atomic E-state index is 13.2. The zero-order chi connectivity index (χ0) is 22.2. The summed E-state index contributed by atoms with van der Waals surface area (Å²) in [6.07, 6.45) is 4.17. The zero-order valence-corrected chi connectivity index (χ0v) is 18.8. The van der Waals surface area contributed by atoms with E-state index < -0.39 is 20.0 Å². The molecule has 1 aliphatic heterocycles. The van der Waals surface area contributed by atoms with E-state index in [0.29, 0.717) is 23.4 Å². The van der Waals surface area contributed by atoms with Crippen molar-refractivity contribution in [3.05, 3.63) is 48.0 Å². The molecule has 10 heteroatoms. The third kappa shape index (κ3) is 4.46. The topological polar surface area (TPSA) is 113 Å². The maximum atomic E-state index is 13.2. The molecule has 1 aliphatic carbocycles. The fourth-order valence-corrected chi connectivity index (χ4v) is 6.99. The zero-order valence-electron chi connectivity index (χ0n) is 17.2. The Morgan fingerprint density at radius 2 is 1.61 bits per heavy atom. The Hall–Kier alpha value is -2.43. The highest BCUT2D eigenvalue weighted by Gasteiger charge is 2.32. The van der Waals surface area contributed by atoms with Crippen LogP contribution in [-0.4, -0.2) is 35.3 Å². The van der Waals surface area contributed by atoms with Crippen molar-refractivity contribution >= 4 is 37.3 Å². The van der Waals surface area contributed by atoms with Crippen LogP contribution < -0.4 is 14.3 Å². The number of carbonyl (C=O) groups is 1. The quantitative estimate of drug-likeness (QED) is 0.684. The molecule has 1 fully saturated rings. The number of amides is 1. The van der Waals surface area contributed by atoms with Gasteiger partial charge in [0, 0.05) is 25.2 Å². The van der Waals surface area contributed by atoms with Crippen molar-refractivity contribution in [1.82, 2.24) is 4.72 Å². The summed E-state index contributed by atoms with van der Waals surface area (Å²) in [6, 6.07) is 10.5. The van der Waals surface area contributed by atoms with Gasteiger partial charge in [-0.2, -0.15) is 0 Å². The monoisotopic (exact) mass is 463 g/mol. The minimum atomic E-state index is -3.81. The van der Waals surface area contributed by atoms with Gasteiger partial charge in [0.15, 0.2) is 0 Å². The van der Waals surface area contributed by atoms with E-state index in [2.05, 4.69) is 10.0 Å². The standard InChI is InChI=1S/C21H25N3O5S2/c1-15(25)22-17-6-8-19(9-7-17)31(28,29)24-13-12-16-14-20(10-11-21(16)24)30(26,27)23-18-4-2-3-5-18/h6-11,14,18,23H,2-5,12-13H2,1H3,(H,22,25). The summed E-state index contributed by atoms with van der Waals surface area (Å²) in [5.41, 5.74) is 1.69. The number of nitrogens with zero attached hydrogens (tertiary/aromatic N) is 1. The lowest BCUT2D eigenvalue weighted by Crippen LogP contribution is -2.32. The predicted octanol–water partition coefficient (Wildman–Crippen LogP) is 2.62. The van der Waals surface area contributed by atoms with Crippen molar-refractivity contribution in [2.75, 3.05) is 16.2 Å². The molecule has 0 unspecified atom stereocenters. The number of sulfonamides is 2. The normalized spacial score (nSPS) is 17.0. The van der Waals surface area contributed by atoms with Crippen molar-refractivity contribution in [3.63, 3.8) is 0 Å². The van der Waals surface area contributed by atoms with E-state index in [1.165, 1.54) is 41.6 Å². The molecular formula is C21H25N3O5S2. The minimum Gasteiger partial charge on any atom is -0.326 e. The van der Waals surface area contributed by atoms with Crippen LogP contribution in [0.3, 0.4) is 0 Å². The van der Waals surface area contributed by atoms with Crippen LogP contribution in [0.5, 0.6) is 0 Å². The molecule has 2 N–H and O–H groups in total. The van der Waals surface area contributed by atoms with Gasteiger partial charge in [0.1, 0.15) is 0 Å². The van der Waals surface area contributed by atoms with E-state index in [0.717, 1.165) is 25.7 Å². The van der Waals surface area contributed by atoms with E-state index in [9.17, 15) is 21.6 Å². The van der Waals surface area contributed by atoms with Gasteiger partial charge in [0.2, 0.25) is 15.9 Å². The van der Waals surface area contributed by atoms with Crippen molar-refractivity contribution in [2.45, 2.75) is 54.9 Å². The molecule has 0 radical (unpaired) electrons. The van der Waals surface area contributed by atoms with Crippen molar-refractivity contribution in [3.8, 4) is 0 Å². The van der Waals surface area contributed by atoms with Crippen LogP contribution in [0.2, 0.25) is 0 Å². The lowest BCUT2D eigenvalue weighted by molar-refractivity contribution is -0.114. The summed E-state index contributed by atoms with van der Waals surface area (Å²) in [4.78, 5) is 11.4. The van der Waals surface area contributed by atoms with Gasteiger partial charge in [-0.1, -0.05) is 12.8 Å². The number of fused-ring (bicyclic) bond motifs is 1. The molecule has 1 heterocycles. The lowest BCUT2D eigenvalue weighted by atomic mass is 10.2. The Balaban J connectivity index is 1.57. The van der Waals surface area contributed by atoms with Crippen molar-refractivity contribution in [1.29, 1.82) is 0 Å². The number of rotatable bonds is 6. The number of benzene rings is 2. The van der Waals surface area contributed by atoms with Crippen molar-refractivity contribution in [2.24, 2.45) is 0 Å². The third-order valence-corrected chi connectivity index (χ3v) is 9.00. The van der Waals surface area contributed by atoms with E-state index in [1.807, 2.05) is 0 Å². The Morgan fingerprint density at radius 3 is 2.26 bits per heavy atom. The van der Waals surface area contributed by atoms with Crippen LogP contribution in [0.25, 0.3) is 0 Å². The van der Waals surface area contributed by atoms with Crippen LogP contribution >= 0.6 is 0 Å². The number of nitrogens with one attached hydrogen (secondary N) is 2. The molecule has 0 aromatic heterocycles. The molecule has 2 aliphatic rings. The molecule has 4 rings (SSSR count).